The molecule has 39 heavy (non-hydrogen) atoms. The number of nitrogens with one attached hydrogen (secondary N) is 1. The molecule has 12 heteroatoms. The second kappa shape index (κ2) is 12.0. The number of benzene rings is 2. The van der Waals surface area contributed by atoms with Gasteiger partial charge in [-0.25, -0.2) is 12.4 Å². The van der Waals surface area contributed by atoms with Crippen LogP contribution >= 0.6 is 39.1 Å². The van der Waals surface area contributed by atoms with E-state index in [9.17, 15) is 13.0 Å². The minimum atomic E-state index is -4.12. The van der Waals surface area contributed by atoms with Crippen molar-refractivity contribution in [3.05, 3.63) is 62.7 Å². The van der Waals surface area contributed by atoms with Crippen LogP contribution in [0.4, 0.5) is 0 Å². The Kier molecular flexibility index (Phi) is 10.1. The van der Waals surface area contributed by atoms with Crippen LogP contribution in [0.3, 0.4) is 0 Å². The molecule has 1 unspecified atom stereocenters. The van der Waals surface area contributed by atoms with Gasteiger partial charge in [-0.3, -0.25) is 0 Å². The number of rotatable bonds is 9. The highest BCUT2D eigenvalue weighted by atomic mass is 79.9. The van der Waals surface area contributed by atoms with Gasteiger partial charge in [0.1, 0.15) is 4.75 Å². The van der Waals surface area contributed by atoms with E-state index in [1.165, 1.54) is 16.1 Å². The molecule has 2 aromatic carbocycles. The molecule has 0 saturated carbocycles. The molecule has 0 aliphatic heterocycles. The van der Waals surface area contributed by atoms with Crippen molar-refractivity contribution >= 4 is 79.7 Å². The van der Waals surface area contributed by atoms with Crippen LogP contribution in [0.25, 0.3) is 10.9 Å². The summed E-state index contributed by atoms with van der Waals surface area (Å²) in [5.41, 5.74) is 0.656. The maximum Gasteiger partial charge on any atom is 0.268 e. The van der Waals surface area contributed by atoms with E-state index in [2.05, 4.69) is 54.5 Å². The quantitative estimate of drug-likeness (QED) is 0.138. The predicted molar refractivity (Wildman–Crippen MR) is 170 cm³/mol. The van der Waals surface area contributed by atoms with Crippen LogP contribution in [0.15, 0.2) is 51.8 Å². The first-order valence-corrected chi connectivity index (χ1v) is 19.6. The highest BCUT2D eigenvalue weighted by Gasteiger charge is 2.39. The fraction of sp³-hybridized carbons (Fsp3) is 0.481. The molecule has 1 aromatic heterocycles. The fourth-order valence-electron chi connectivity index (χ4n) is 3.69. The average Bonchev–Trinajstić information content (AvgIpc) is 3.23. The van der Waals surface area contributed by atoms with E-state index in [0.29, 0.717) is 28.6 Å². The largest absolute Gasteiger partial charge is 0.598 e. The van der Waals surface area contributed by atoms with E-state index >= 15 is 0 Å². The third-order valence-corrected chi connectivity index (χ3v) is 16.4. The molecule has 1 heterocycles. The molecule has 0 aliphatic carbocycles. The van der Waals surface area contributed by atoms with E-state index in [0.717, 1.165) is 0 Å². The van der Waals surface area contributed by atoms with Crippen molar-refractivity contribution in [1.82, 2.24) is 8.69 Å². The van der Waals surface area contributed by atoms with Gasteiger partial charge in [0.05, 0.1) is 32.2 Å². The van der Waals surface area contributed by atoms with Crippen LogP contribution in [-0.4, -0.2) is 36.6 Å². The smallest absolute Gasteiger partial charge is 0.268 e. The molecule has 1 N–H and O–H groups in total. The molecule has 0 spiro atoms. The van der Waals surface area contributed by atoms with E-state index < -0.39 is 40.5 Å². The maximum atomic E-state index is 14.2. The molecule has 0 bridgehead atoms. The molecule has 0 amide bonds. The van der Waals surface area contributed by atoms with E-state index in [1.54, 1.807) is 30.3 Å². The Balaban J connectivity index is 2.25. The van der Waals surface area contributed by atoms with E-state index in [4.69, 9.17) is 27.6 Å². The molecule has 0 fully saturated rings. The molecule has 0 aliphatic rings. The number of aromatic nitrogens is 1. The summed E-state index contributed by atoms with van der Waals surface area (Å²) in [5.74, 6) is 0. The van der Waals surface area contributed by atoms with Gasteiger partial charge in [0, 0.05) is 27.8 Å². The lowest BCUT2D eigenvalue weighted by molar-refractivity contribution is 0.267. The molecule has 6 nitrogen and oxygen atoms in total. The SMILES string of the molecule is CC(C)(C)[S@@+]([O-])NC(CCO[Si](C)(C)C(C)(C)C)c1cc2c(Br)cc(Cl)c(Cl)c2n1S(=O)(=O)c1ccccc1. The molecule has 0 saturated heterocycles. The van der Waals surface area contributed by atoms with Gasteiger partial charge in [-0.15, -0.1) is 4.72 Å². The summed E-state index contributed by atoms with van der Waals surface area (Å²) in [6.45, 7) is 16.8. The second-order valence-corrected chi connectivity index (χ2v) is 22.3. The van der Waals surface area contributed by atoms with Crippen LogP contribution in [-0.2, 0) is 25.8 Å². The van der Waals surface area contributed by atoms with Crippen molar-refractivity contribution in [2.24, 2.45) is 0 Å². The van der Waals surface area contributed by atoms with Crippen molar-refractivity contribution in [3.63, 3.8) is 0 Å². The van der Waals surface area contributed by atoms with E-state index in [1.807, 2.05) is 20.8 Å². The van der Waals surface area contributed by atoms with Gasteiger partial charge in [-0.05, 0) is 69.6 Å². The topological polar surface area (TPSA) is 83.4 Å². The maximum absolute atomic E-state index is 14.2. The van der Waals surface area contributed by atoms with Crippen LogP contribution in [0.5, 0.6) is 0 Å². The summed E-state index contributed by atoms with van der Waals surface area (Å²) in [6.07, 6.45) is 0.387. The minimum absolute atomic E-state index is 0.00480. The Morgan fingerprint density at radius 3 is 2.23 bits per heavy atom. The van der Waals surface area contributed by atoms with Crippen molar-refractivity contribution in [1.29, 1.82) is 0 Å². The van der Waals surface area contributed by atoms with Gasteiger partial charge in [0.15, 0.2) is 8.32 Å². The number of hydrogen-bond donors (Lipinski definition) is 1. The van der Waals surface area contributed by atoms with Crippen molar-refractivity contribution in [3.8, 4) is 0 Å². The zero-order valence-electron chi connectivity index (χ0n) is 23.6. The lowest BCUT2D eigenvalue weighted by Crippen LogP contribution is -2.44. The molecular formula is C27H37BrCl2N2O4S2Si. The first-order chi connectivity index (χ1) is 17.8. The summed E-state index contributed by atoms with van der Waals surface area (Å²) in [6, 6.07) is 10.9. The number of fused-ring (bicyclic) bond motifs is 1. The Morgan fingerprint density at radius 1 is 1.10 bits per heavy atom. The zero-order chi connectivity index (χ0) is 29.6. The Labute approximate surface area is 255 Å². The Hall–Kier alpha value is -0.563. The second-order valence-electron chi connectivity index (χ2n) is 12.0. The van der Waals surface area contributed by atoms with Gasteiger partial charge in [0.2, 0.25) is 0 Å². The van der Waals surface area contributed by atoms with Crippen LogP contribution in [0.2, 0.25) is 28.2 Å². The number of halogens is 3. The first-order valence-electron chi connectivity index (χ1n) is 12.6. The Morgan fingerprint density at radius 2 is 1.69 bits per heavy atom. The molecule has 3 aromatic rings. The monoisotopic (exact) mass is 694 g/mol. The van der Waals surface area contributed by atoms with Crippen molar-refractivity contribution in [2.45, 2.75) is 81.8 Å². The standard InChI is InChI=1S/C27H37BrCl2N2O4S2Si/c1-26(2,3)37(33)31-22(14-15-36-39(7,8)27(4,5)6)23-16-19-20(28)17-21(29)24(30)25(19)32(23)38(34,35)18-12-10-9-11-13-18/h9-13,16-17,22,31H,14-15H2,1-8H3/t22?,37-/m1/s1. The van der Waals surface area contributed by atoms with Gasteiger partial charge >= 0.3 is 0 Å². The summed E-state index contributed by atoms with van der Waals surface area (Å²) in [5, 5.41) is 0.922. The average molecular weight is 697 g/mol. The van der Waals surface area contributed by atoms with Gasteiger partial charge in [0.25, 0.3) is 10.0 Å². The molecular weight excluding hydrogens is 659 g/mol. The molecule has 3 rings (SSSR count). The third kappa shape index (κ3) is 7.09. The summed E-state index contributed by atoms with van der Waals surface area (Å²) >= 11 is 15.1. The van der Waals surface area contributed by atoms with Gasteiger partial charge in [-0.2, -0.15) is 0 Å². The summed E-state index contributed by atoms with van der Waals surface area (Å²) in [7, 11) is -6.20. The third-order valence-electron chi connectivity index (χ3n) is 7.03. The molecule has 2 atom stereocenters. The minimum Gasteiger partial charge on any atom is -0.598 e. The highest BCUT2D eigenvalue weighted by Crippen LogP contribution is 2.42. The summed E-state index contributed by atoms with van der Waals surface area (Å²) < 4.78 is 52.6. The van der Waals surface area contributed by atoms with E-state index in [-0.39, 0.29) is 25.5 Å². The fourth-order valence-corrected chi connectivity index (χ4v) is 8.35. The number of nitrogens with zero attached hydrogens (tertiary/aromatic N) is 1. The highest BCUT2D eigenvalue weighted by molar-refractivity contribution is 9.10. The van der Waals surface area contributed by atoms with Crippen LogP contribution < -0.4 is 4.72 Å². The van der Waals surface area contributed by atoms with Crippen molar-refractivity contribution < 1.29 is 17.4 Å². The van der Waals surface area contributed by atoms with Crippen molar-refractivity contribution in [2.75, 3.05) is 6.61 Å². The van der Waals surface area contributed by atoms with Crippen LogP contribution in [0, 0.1) is 0 Å². The first kappa shape index (κ1) is 32.9. The predicted octanol–water partition coefficient (Wildman–Crippen LogP) is 8.45. The molecule has 0 radical (unpaired) electrons. The summed E-state index contributed by atoms with van der Waals surface area (Å²) in [4.78, 5) is 0.101. The Bertz CT molecular complexity index is 1440. The zero-order valence-corrected chi connectivity index (χ0v) is 29.3. The lowest BCUT2D eigenvalue weighted by Gasteiger charge is -2.36. The van der Waals surface area contributed by atoms with Gasteiger partial charge in [-0.1, -0.05) is 78.1 Å². The normalized spacial score (nSPS) is 15.1. The molecule has 216 valence electrons. The number of hydrogen-bond acceptors (Lipinski definition) is 5. The van der Waals surface area contributed by atoms with Crippen LogP contribution in [0.1, 0.15) is 59.7 Å². The van der Waals surface area contributed by atoms with Gasteiger partial charge < -0.3 is 8.98 Å². The lowest BCUT2D eigenvalue weighted by atomic mass is 10.1.